The number of nitro benzene ring substituents is 1. The first-order chi connectivity index (χ1) is 12.8. The van der Waals surface area contributed by atoms with Gasteiger partial charge in [-0.1, -0.05) is 31.2 Å². The molecule has 8 heteroatoms. The molecule has 0 aliphatic carbocycles. The van der Waals surface area contributed by atoms with Crippen molar-refractivity contribution < 1.29 is 14.5 Å². The Morgan fingerprint density at radius 2 is 1.89 bits per heavy atom. The highest BCUT2D eigenvalue weighted by molar-refractivity contribution is 8.00. The van der Waals surface area contributed by atoms with Gasteiger partial charge in [-0.3, -0.25) is 19.7 Å². The molecule has 1 unspecified atom stereocenters. The third kappa shape index (κ3) is 5.55. The highest BCUT2D eigenvalue weighted by Crippen LogP contribution is 2.30. The minimum atomic E-state index is -0.740. The molecule has 0 saturated carbocycles. The first kappa shape index (κ1) is 20.4. The molecule has 2 aromatic rings. The Balaban J connectivity index is 2.00. The number of rotatable bonds is 8. The largest absolute Gasteiger partial charge is 0.366 e. The number of hydrogen-bond donors (Lipinski definition) is 2. The average molecular weight is 387 g/mol. The molecule has 0 heterocycles. The van der Waals surface area contributed by atoms with Crippen molar-refractivity contribution in [3.05, 3.63) is 69.3 Å². The van der Waals surface area contributed by atoms with Crippen LogP contribution >= 0.6 is 11.8 Å². The van der Waals surface area contributed by atoms with Crippen LogP contribution in [-0.4, -0.2) is 22.5 Å². The van der Waals surface area contributed by atoms with Crippen molar-refractivity contribution in [2.75, 3.05) is 5.75 Å². The van der Waals surface area contributed by atoms with Crippen LogP contribution < -0.4 is 11.1 Å². The van der Waals surface area contributed by atoms with E-state index in [0.29, 0.717) is 4.90 Å². The summed E-state index contributed by atoms with van der Waals surface area (Å²) in [4.78, 5) is 34.3. The van der Waals surface area contributed by atoms with E-state index in [1.165, 1.54) is 17.7 Å². The van der Waals surface area contributed by atoms with Gasteiger partial charge in [0.25, 0.3) is 5.69 Å². The van der Waals surface area contributed by atoms with Crippen molar-refractivity contribution in [2.45, 2.75) is 31.2 Å². The second kappa shape index (κ2) is 9.18. The lowest BCUT2D eigenvalue weighted by Gasteiger charge is -2.14. The van der Waals surface area contributed by atoms with E-state index in [-0.39, 0.29) is 29.0 Å². The summed E-state index contributed by atoms with van der Waals surface area (Å²) in [6.45, 7) is 3.96. The van der Waals surface area contributed by atoms with E-state index in [1.807, 2.05) is 31.2 Å². The fraction of sp³-hybridized carbons (Fsp3) is 0.263. The van der Waals surface area contributed by atoms with Gasteiger partial charge in [-0.2, -0.15) is 0 Å². The zero-order chi connectivity index (χ0) is 20.0. The molecule has 0 bridgehead atoms. The SMILES string of the molecule is CCc1ccc(C(C)NC(=O)CSc2ccc(C(N)=O)cc2[N+](=O)[O-])cc1. The smallest absolute Gasteiger partial charge is 0.283 e. The van der Waals surface area contributed by atoms with Gasteiger partial charge in [0.2, 0.25) is 11.8 Å². The molecule has 1 atom stereocenters. The third-order valence-corrected chi connectivity index (χ3v) is 5.13. The molecular weight excluding hydrogens is 366 g/mol. The summed E-state index contributed by atoms with van der Waals surface area (Å²) in [6.07, 6.45) is 0.949. The van der Waals surface area contributed by atoms with Crippen molar-refractivity contribution >= 4 is 29.3 Å². The molecule has 2 aromatic carbocycles. The number of nitrogens with one attached hydrogen (secondary N) is 1. The van der Waals surface area contributed by atoms with E-state index in [4.69, 9.17) is 5.73 Å². The number of hydrogen-bond acceptors (Lipinski definition) is 5. The number of benzene rings is 2. The Hall–Kier alpha value is -2.87. The second-order valence-electron chi connectivity index (χ2n) is 5.98. The Kier molecular flexibility index (Phi) is 6.95. The van der Waals surface area contributed by atoms with Crippen LogP contribution in [0.3, 0.4) is 0 Å². The van der Waals surface area contributed by atoms with Crippen molar-refractivity contribution in [3.8, 4) is 0 Å². The van der Waals surface area contributed by atoms with Gasteiger partial charge < -0.3 is 11.1 Å². The maximum atomic E-state index is 12.2. The lowest BCUT2D eigenvalue weighted by atomic mass is 10.1. The summed E-state index contributed by atoms with van der Waals surface area (Å²) >= 11 is 1.04. The van der Waals surface area contributed by atoms with E-state index in [0.717, 1.165) is 29.8 Å². The molecular formula is C19H21N3O4S. The summed E-state index contributed by atoms with van der Waals surface area (Å²) in [7, 11) is 0. The number of thioether (sulfide) groups is 1. The van der Waals surface area contributed by atoms with E-state index in [2.05, 4.69) is 12.2 Å². The fourth-order valence-corrected chi connectivity index (χ4v) is 3.30. The fourth-order valence-electron chi connectivity index (χ4n) is 2.49. The normalized spacial score (nSPS) is 11.6. The highest BCUT2D eigenvalue weighted by Gasteiger charge is 2.18. The maximum absolute atomic E-state index is 12.2. The second-order valence-corrected chi connectivity index (χ2v) is 6.99. The van der Waals surface area contributed by atoms with Crippen LogP contribution in [0.15, 0.2) is 47.4 Å². The molecule has 0 aromatic heterocycles. The monoisotopic (exact) mass is 387 g/mol. The van der Waals surface area contributed by atoms with Gasteiger partial charge in [-0.25, -0.2) is 0 Å². The van der Waals surface area contributed by atoms with Gasteiger partial charge in [-0.05, 0) is 36.6 Å². The third-order valence-electron chi connectivity index (χ3n) is 4.06. The highest BCUT2D eigenvalue weighted by atomic mass is 32.2. The number of nitrogens with zero attached hydrogens (tertiary/aromatic N) is 1. The van der Waals surface area contributed by atoms with E-state index < -0.39 is 10.8 Å². The van der Waals surface area contributed by atoms with Crippen LogP contribution in [0, 0.1) is 10.1 Å². The van der Waals surface area contributed by atoms with Crippen molar-refractivity contribution in [1.82, 2.24) is 5.32 Å². The number of carbonyl (C=O) groups is 2. The van der Waals surface area contributed by atoms with Crippen molar-refractivity contribution in [2.24, 2.45) is 5.73 Å². The molecule has 0 spiro atoms. The number of nitro groups is 1. The van der Waals surface area contributed by atoms with Crippen LogP contribution in [0.5, 0.6) is 0 Å². The minimum absolute atomic E-state index is 0.0220. The van der Waals surface area contributed by atoms with Gasteiger partial charge in [0.05, 0.1) is 21.6 Å². The Labute approximate surface area is 161 Å². The molecule has 142 valence electrons. The van der Waals surface area contributed by atoms with Crippen molar-refractivity contribution in [1.29, 1.82) is 0 Å². The number of aryl methyl sites for hydroxylation is 1. The van der Waals surface area contributed by atoms with E-state index >= 15 is 0 Å². The van der Waals surface area contributed by atoms with Crippen LogP contribution in [0.2, 0.25) is 0 Å². The molecule has 0 aliphatic heterocycles. The first-order valence-electron chi connectivity index (χ1n) is 8.41. The standard InChI is InChI=1S/C19H21N3O4S/c1-3-13-4-6-14(7-5-13)12(2)21-18(23)11-27-17-9-8-15(19(20)24)10-16(17)22(25)26/h4-10,12H,3,11H2,1-2H3,(H2,20,24)(H,21,23). The summed E-state index contributed by atoms with van der Waals surface area (Å²) < 4.78 is 0. The van der Waals surface area contributed by atoms with Gasteiger partial charge >= 0.3 is 0 Å². The molecule has 0 radical (unpaired) electrons. The quantitative estimate of drug-likeness (QED) is 0.410. The minimum Gasteiger partial charge on any atom is -0.366 e. The molecule has 0 aliphatic rings. The van der Waals surface area contributed by atoms with Gasteiger partial charge in [0, 0.05) is 11.6 Å². The molecule has 27 heavy (non-hydrogen) atoms. The zero-order valence-electron chi connectivity index (χ0n) is 15.1. The molecule has 2 rings (SSSR count). The number of primary amides is 1. The number of amides is 2. The van der Waals surface area contributed by atoms with Crippen LogP contribution in [0.4, 0.5) is 5.69 Å². The lowest BCUT2D eigenvalue weighted by Crippen LogP contribution is -2.28. The predicted molar refractivity (Wildman–Crippen MR) is 105 cm³/mol. The van der Waals surface area contributed by atoms with E-state index in [1.54, 1.807) is 0 Å². The summed E-state index contributed by atoms with van der Waals surface area (Å²) in [5, 5.41) is 14.1. The first-order valence-corrected chi connectivity index (χ1v) is 9.39. The van der Waals surface area contributed by atoms with Crippen LogP contribution in [0.25, 0.3) is 0 Å². The predicted octanol–water partition coefficient (Wildman–Crippen LogP) is 3.23. The molecule has 0 saturated heterocycles. The lowest BCUT2D eigenvalue weighted by molar-refractivity contribution is -0.387. The Bertz CT molecular complexity index is 853. The molecule has 0 fully saturated rings. The van der Waals surface area contributed by atoms with Gasteiger partial charge in [0.15, 0.2) is 0 Å². The molecule has 2 amide bonds. The molecule has 3 N–H and O–H groups in total. The summed E-state index contributed by atoms with van der Waals surface area (Å²) in [5.74, 6) is -0.954. The van der Waals surface area contributed by atoms with Crippen molar-refractivity contribution in [3.63, 3.8) is 0 Å². The Morgan fingerprint density at radius 3 is 2.44 bits per heavy atom. The number of nitrogens with two attached hydrogens (primary N) is 1. The van der Waals surface area contributed by atoms with Crippen LogP contribution in [-0.2, 0) is 11.2 Å². The number of carbonyl (C=O) groups excluding carboxylic acids is 2. The van der Waals surface area contributed by atoms with Crippen LogP contribution in [0.1, 0.15) is 41.4 Å². The summed E-state index contributed by atoms with van der Waals surface area (Å²) in [6, 6.07) is 11.8. The summed E-state index contributed by atoms with van der Waals surface area (Å²) in [5.41, 5.74) is 7.17. The topological polar surface area (TPSA) is 115 Å². The zero-order valence-corrected chi connectivity index (χ0v) is 15.9. The average Bonchev–Trinajstić information content (AvgIpc) is 2.66. The molecule has 7 nitrogen and oxygen atoms in total. The van der Waals surface area contributed by atoms with Gasteiger partial charge in [0.1, 0.15) is 0 Å². The van der Waals surface area contributed by atoms with Gasteiger partial charge in [-0.15, -0.1) is 11.8 Å². The Morgan fingerprint density at radius 1 is 1.22 bits per heavy atom. The maximum Gasteiger partial charge on any atom is 0.283 e. The van der Waals surface area contributed by atoms with E-state index in [9.17, 15) is 19.7 Å².